The summed E-state index contributed by atoms with van der Waals surface area (Å²) in [5.74, 6) is 0.303. The average molecular weight is 369 g/mol. The summed E-state index contributed by atoms with van der Waals surface area (Å²) in [6.45, 7) is 2.07. The van der Waals surface area contributed by atoms with E-state index in [0.717, 1.165) is 31.0 Å². The minimum absolute atomic E-state index is 0.161. The zero-order valence-electron chi connectivity index (χ0n) is 14.9. The molecule has 2 atom stereocenters. The van der Waals surface area contributed by atoms with Gasteiger partial charge in [0.1, 0.15) is 5.82 Å². The SMILES string of the molecule is CN1CCc2c(c3cc(Cl)ccc3n2[C@H]2CC[C@H]2c2ccc(F)cc2)C1. The second kappa shape index (κ2) is 6.11. The number of fused-ring (bicyclic) bond motifs is 3. The number of benzene rings is 2. The molecule has 1 saturated carbocycles. The lowest BCUT2D eigenvalue weighted by molar-refractivity contribution is 0.247. The lowest BCUT2D eigenvalue weighted by Crippen LogP contribution is -2.32. The molecule has 4 heteroatoms. The summed E-state index contributed by atoms with van der Waals surface area (Å²) in [4.78, 5) is 2.38. The van der Waals surface area contributed by atoms with Crippen molar-refractivity contribution in [3.8, 4) is 0 Å². The van der Waals surface area contributed by atoms with E-state index in [2.05, 4.69) is 28.6 Å². The molecular formula is C22H22ClFN2. The van der Waals surface area contributed by atoms with Crippen LogP contribution in [0.4, 0.5) is 4.39 Å². The molecule has 2 nitrogen and oxygen atoms in total. The molecule has 0 unspecified atom stereocenters. The first kappa shape index (κ1) is 16.3. The summed E-state index contributed by atoms with van der Waals surface area (Å²) in [6, 6.07) is 13.8. The maximum Gasteiger partial charge on any atom is 0.123 e. The summed E-state index contributed by atoms with van der Waals surface area (Å²) >= 11 is 6.32. The number of likely N-dealkylation sites (N-methyl/N-ethyl adjacent to an activating group) is 1. The summed E-state index contributed by atoms with van der Waals surface area (Å²) in [7, 11) is 2.18. The Bertz CT molecular complexity index is 976. The first-order valence-electron chi connectivity index (χ1n) is 9.37. The molecule has 1 aliphatic carbocycles. The van der Waals surface area contributed by atoms with Crippen LogP contribution >= 0.6 is 11.6 Å². The van der Waals surface area contributed by atoms with Gasteiger partial charge in [-0.25, -0.2) is 4.39 Å². The highest BCUT2D eigenvalue weighted by Gasteiger charge is 2.37. The van der Waals surface area contributed by atoms with Gasteiger partial charge in [0.25, 0.3) is 0 Å². The first-order valence-corrected chi connectivity index (χ1v) is 9.75. The van der Waals surface area contributed by atoms with Crippen molar-refractivity contribution in [1.29, 1.82) is 0 Å². The summed E-state index contributed by atoms with van der Waals surface area (Å²) in [5.41, 5.74) is 5.45. The van der Waals surface area contributed by atoms with Gasteiger partial charge >= 0.3 is 0 Å². The molecule has 2 aromatic carbocycles. The van der Waals surface area contributed by atoms with Crippen molar-refractivity contribution in [3.63, 3.8) is 0 Å². The van der Waals surface area contributed by atoms with Crippen LogP contribution in [-0.2, 0) is 13.0 Å². The third-order valence-electron chi connectivity index (χ3n) is 6.21. The van der Waals surface area contributed by atoms with Crippen molar-refractivity contribution in [3.05, 3.63) is 70.1 Å². The number of rotatable bonds is 2. The number of hydrogen-bond acceptors (Lipinski definition) is 1. The van der Waals surface area contributed by atoms with Gasteiger partial charge in [-0.2, -0.15) is 0 Å². The predicted molar refractivity (Wildman–Crippen MR) is 104 cm³/mol. The zero-order valence-corrected chi connectivity index (χ0v) is 15.6. The van der Waals surface area contributed by atoms with Gasteiger partial charge in [0.2, 0.25) is 0 Å². The summed E-state index contributed by atoms with van der Waals surface area (Å²) < 4.78 is 15.9. The van der Waals surface area contributed by atoms with Crippen LogP contribution in [0.5, 0.6) is 0 Å². The van der Waals surface area contributed by atoms with Gasteiger partial charge in [-0.3, -0.25) is 0 Å². The Hall–Kier alpha value is -1.84. The summed E-state index contributed by atoms with van der Waals surface area (Å²) in [6.07, 6.45) is 3.42. The maximum absolute atomic E-state index is 13.3. The zero-order chi connectivity index (χ0) is 17.8. The fourth-order valence-corrected chi connectivity index (χ4v) is 4.94. The van der Waals surface area contributed by atoms with Crippen LogP contribution in [0.25, 0.3) is 10.9 Å². The van der Waals surface area contributed by atoms with Crippen LogP contribution in [0.2, 0.25) is 5.02 Å². The smallest absolute Gasteiger partial charge is 0.123 e. The first-order chi connectivity index (χ1) is 12.6. The molecular weight excluding hydrogens is 347 g/mol. The van der Waals surface area contributed by atoms with Gasteiger partial charge in [0.05, 0.1) is 0 Å². The number of hydrogen-bond donors (Lipinski definition) is 0. The molecule has 1 aromatic heterocycles. The van der Waals surface area contributed by atoms with Crippen molar-refractivity contribution in [2.24, 2.45) is 0 Å². The van der Waals surface area contributed by atoms with Crippen molar-refractivity contribution in [2.75, 3.05) is 13.6 Å². The van der Waals surface area contributed by atoms with Crippen LogP contribution in [-0.4, -0.2) is 23.1 Å². The summed E-state index contributed by atoms with van der Waals surface area (Å²) in [5, 5.41) is 2.10. The monoisotopic (exact) mass is 368 g/mol. The lowest BCUT2D eigenvalue weighted by Gasteiger charge is -2.40. The Morgan fingerprint density at radius 1 is 1.08 bits per heavy atom. The molecule has 2 aliphatic rings. The quantitative estimate of drug-likeness (QED) is 0.576. The average Bonchev–Trinajstić information content (AvgIpc) is 2.89. The van der Waals surface area contributed by atoms with E-state index in [1.807, 2.05) is 18.2 Å². The minimum Gasteiger partial charge on any atom is -0.341 e. The van der Waals surface area contributed by atoms with E-state index in [1.165, 1.54) is 34.1 Å². The third-order valence-corrected chi connectivity index (χ3v) is 6.44. The van der Waals surface area contributed by atoms with Gasteiger partial charge in [-0.05, 0) is 61.3 Å². The molecule has 134 valence electrons. The number of nitrogens with zero attached hydrogens (tertiary/aromatic N) is 2. The fraction of sp³-hybridized carbons (Fsp3) is 0.364. The standard InChI is InChI=1S/C22H22ClFN2/c1-25-11-10-22-19(13-25)18-12-15(23)4-8-21(18)26(22)20-9-7-17(20)14-2-5-16(24)6-3-14/h2-6,8,12,17,20H,7,9-11,13H2,1H3/t17-,20-/m0/s1. The van der Waals surface area contributed by atoms with Crippen LogP contribution in [0.15, 0.2) is 42.5 Å². The van der Waals surface area contributed by atoms with Crippen molar-refractivity contribution in [2.45, 2.75) is 37.8 Å². The van der Waals surface area contributed by atoms with E-state index < -0.39 is 0 Å². The van der Waals surface area contributed by atoms with E-state index in [0.29, 0.717) is 12.0 Å². The predicted octanol–water partition coefficient (Wildman–Crippen LogP) is 5.54. The van der Waals surface area contributed by atoms with E-state index in [4.69, 9.17) is 11.6 Å². The Kier molecular flexibility index (Phi) is 3.84. The maximum atomic E-state index is 13.3. The highest BCUT2D eigenvalue weighted by molar-refractivity contribution is 6.31. The molecule has 1 fully saturated rings. The lowest BCUT2D eigenvalue weighted by atomic mass is 9.74. The van der Waals surface area contributed by atoms with Crippen LogP contribution < -0.4 is 0 Å². The Balaban J connectivity index is 1.64. The Morgan fingerprint density at radius 2 is 1.88 bits per heavy atom. The number of aromatic nitrogens is 1. The Labute approximate surface area is 158 Å². The fourth-order valence-electron chi connectivity index (χ4n) is 4.77. The van der Waals surface area contributed by atoms with Crippen LogP contribution in [0.3, 0.4) is 0 Å². The number of halogens is 2. The van der Waals surface area contributed by atoms with Gasteiger partial charge in [0.15, 0.2) is 0 Å². The largest absolute Gasteiger partial charge is 0.341 e. The van der Waals surface area contributed by atoms with Crippen LogP contribution in [0.1, 0.15) is 41.6 Å². The third kappa shape index (κ3) is 2.49. The molecule has 26 heavy (non-hydrogen) atoms. The topological polar surface area (TPSA) is 8.17 Å². The molecule has 0 bridgehead atoms. The van der Waals surface area contributed by atoms with E-state index in [-0.39, 0.29) is 5.82 Å². The molecule has 5 rings (SSSR count). The van der Waals surface area contributed by atoms with E-state index >= 15 is 0 Å². The van der Waals surface area contributed by atoms with Gasteiger partial charge in [0, 0.05) is 53.1 Å². The Morgan fingerprint density at radius 3 is 2.62 bits per heavy atom. The van der Waals surface area contributed by atoms with Crippen molar-refractivity contribution in [1.82, 2.24) is 9.47 Å². The van der Waals surface area contributed by atoms with Gasteiger partial charge in [-0.1, -0.05) is 23.7 Å². The molecule has 0 spiro atoms. The molecule has 0 amide bonds. The van der Waals surface area contributed by atoms with Crippen LogP contribution in [0, 0.1) is 5.82 Å². The highest BCUT2D eigenvalue weighted by atomic mass is 35.5. The molecule has 3 aromatic rings. The molecule has 0 saturated heterocycles. The van der Waals surface area contributed by atoms with E-state index in [9.17, 15) is 4.39 Å². The normalized spacial score (nSPS) is 23.0. The molecule has 1 aliphatic heterocycles. The second-order valence-corrected chi connectivity index (χ2v) is 8.18. The molecule has 0 radical (unpaired) electrons. The minimum atomic E-state index is -0.161. The van der Waals surface area contributed by atoms with Gasteiger partial charge in [-0.15, -0.1) is 0 Å². The second-order valence-electron chi connectivity index (χ2n) is 7.75. The molecule has 0 N–H and O–H groups in total. The highest BCUT2D eigenvalue weighted by Crippen LogP contribution is 2.49. The molecule has 2 heterocycles. The van der Waals surface area contributed by atoms with E-state index in [1.54, 1.807) is 12.1 Å². The van der Waals surface area contributed by atoms with Crippen molar-refractivity contribution < 1.29 is 4.39 Å². The van der Waals surface area contributed by atoms with Gasteiger partial charge < -0.3 is 9.47 Å². The van der Waals surface area contributed by atoms with Crippen molar-refractivity contribution >= 4 is 22.5 Å².